The second kappa shape index (κ2) is 29.5. The number of likely N-dealkylation sites (tertiary alicyclic amines) is 2. The number of phenols is 1. The third-order valence-corrected chi connectivity index (χ3v) is 16.4. The monoisotopic (exact) mass is 1160 g/mol. The Bertz CT molecular complexity index is 3390. The van der Waals surface area contributed by atoms with Crippen molar-refractivity contribution in [3.63, 3.8) is 0 Å². The summed E-state index contributed by atoms with van der Waals surface area (Å²) in [6, 6.07) is 80.4. The van der Waals surface area contributed by atoms with Crippen LogP contribution in [0.1, 0.15) is 86.8 Å². The van der Waals surface area contributed by atoms with E-state index in [0.717, 1.165) is 83.5 Å². The maximum Gasteiger partial charge on any atom is 0.264 e. The van der Waals surface area contributed by atoms with E-state index in [2.05, 4.69) is 86.0 Å². The van der Waals surface area contributed by atoms with E-state index >= 15 is 0 Å². The zero-order valence-electron chi connectivity index (χ0n) is 48.7. The fraction of sp³-hybridized carbons (Fsp3) is 0.296. The molecule has 0 saturated carbocycles. The molecule has 0 radical (unpaired) electrons. The summed E-state index contributed by atoms with van der Waals surface area (Å²) in [6.07, 6.45) is 4.02. The van der Waals surface area contributed by atoms with Crippen molar-refractivity contribution in [3.05, 3.63) is 264 Å². The standard InChI is InChI=1S/C35H36N2O2.C23H28N2O3S.C13H12O2.ClH/c1-34(2,21-22-35(27-36,29-15-8-4-9-16-29)30-17-10-5-11-18-30)37-24-33(25-37)39-32-20-12-19-31(23-32)38-26-28-13-6-3-7-14-28;1-22(2,25-16-21(17-25)28-29(3,26)27)14-15-23(18-24,19-10-6-4-7-11-19)20-12-8-5-9-13-20;14-12-7-4-8-13(9-12)15-10-11-5-2-1-3-6-11;/h3-20,23,33H,21-22,24-26H2,1-2H3;4-13,21H,14-17H2,1-3H3;1-9,14H,10H2;1H. The predicted molar refractivity (Wildman–Crippen MR) is 336 cm³/mol. The SMILES string of the molecule is CC(C)(CCC(C#N)(c1ccccc1)c1ccccc1)N1CC(OS(C)(=O)=O)C1.CC(C)(CCC(C#N)(c1ccccc1)c1ccccc1)N1CC(Oc2cccc(OCc3ccccc3)c2)C1.Cl.Oc1cccc(OCc2ccccc2)c1. The molecule has 84 heavy (non-hydrogen) atoms. The van der Waals surface area contributed by atoms with Crippen molar-refractivity contribution < 1.29 is 31.9 Å². The van der Waals surface area contributed by atoms with Gasteiger partial charge in [0.25, 0.3) is 10.1 Å². The lowest BCUT2D eigenvalue weighted by Crippen LogP contribution is -2.62. The van der Waals surface area contributed by atoms with E-state index in [1.165, 1.54) is 0 Å². The van der Waals surface area contributed by atoms with Gasteiger partial charge in [-0.1, -0.05) is 194 Å². The van der Waals surface area contributed by atoms with Crippen LogP contribution in [-0.4, -0.2) is 79.0 Å². The average Bonchev–Trinajstić information content (AvgIpc) is 2.26. The van der Waals surface area contributed by atoms with E-state index in [9.17, 15) is 24.0 Å². The van der Waals surface area contributed by atoms with Gasteiger partial charge in [-0.25, -0.2) is 0 Å². The number of nitrogens with zero attached hydrogens (tertiary/aromatic N) is 4. The van der Waals surface area contributed by atoms with E-state index in [1.807, 2.05) is 176 Å². The lowest BCUT2D eigenvalue weighted by Gasteiger charge is -2.49. The zero-order valence-corrected chi connectivity index (χ0v) is 50.3. The molecule has 0 bridgehead atoms. The first-order chi connectivity index (χ1) is 40.0. The molecule has 1 N–H and O–H groups in total. The average molecular weight is 1170 g/mol. The molecule has 11 nitrogen and oxygen atoms in total. The van der Waals surface area contributed by atoms with Crippen LogP contribution in [0.5, 0.6) is 23.0 Å². The quantitative estimate of drug-likeness (QED) is 0.0647. The molecule has 8 aromatic carbocycles. The van der Waals surface area contributed by atoms with Crippen molar-refractivity contribution in [1.29, 1.82) is 10.5 Å². The van der Waals surface area contributed by atoms with E-state index in [-0.39, 0.29) is 41.4 Å². The van der Waals surface area contributed by atoms with Crippen LogP contribution in [0.15, 0.2) is 231 Å². The van der Waals surface area contributed by atoms with Gasteiger partial charge in [-0.2, -0.15) is 18.9 Å². The highest BCUT2D eigenvalue weighted by Gasteiger charge is 2.44. The van der Waals surface area contributed by atoms with Gasteiger partial charge in [0.1, 0.15) is 59.2 Å². The van der Waals surface area contributed by atoms with Crippen LogP contribution in [0.25, 0.3) is 0 Å². The Kier molecular flexibility index (Phi) is 22.4. The number of aromatic hydroxyl groups is 1. The van der Waals surface area contributed by atoms with Crippen molar-refractivity contribution in [2.45, 2.75) is 101 Å². The lowest BCUT2D eigenvalue weighted by atomic mass is 9.70. The van der Waals surface area contributed by atoms with Gasteiger partial charge in [-0.15, -0.1) is 12.4 Å². The van der Waals surface area contributed by atoms with Gasteiger partial charge in [0.2, 0.25) is 0 Å². The van der Waals surface area contributed by atoms with Gasteiger partial charge >= 0.3 is 0 Å². The Morgan fingerprint density at radius 3 is 1.15 bits per heavy atom. The third-order valence-electron chi connectivity index (χ3n) is 15.8. The number of hydrogen-bond acceptors (Lipinski definition) is 11. The van der Waals surface area contributed by atoms with Gasteiger partial charge in [0.15, 0.2) is 0 Å². The Balaban J connectivity index is 0.000000197. The first-order valence-corrected chi connectivity index (χ1v) is 30.1. The molecule has 8 aromatic rings. The number of benzene rings is 8. The topological polar surface area (TPSA) is 145 Å². The maximum atomic E-state index is 11.3. The smallest absolute Gasteiger partial charge is 0.264 e. The summed E-state index contributed by atoms with van der Waals surface area (Å²) in [5, 5.41) is 30.1. The van der Waals surface area contributed by atoms with Gasteiger partial charge < -0.3 is 19.3 Å². The summed E-state index contributed by atoms with van der Waals surface area (Å²) < 4.78 is 45.5. The molecule has 0 spiro atoms. The van der Waals surface area contributed by atoms with Crippen LogP contribution in [0, 0.1) is 22.7 Å². The van der Waals surface area contributed by atoms with Crippen LogP contribution >= 0.6 is 12.4 Å². The second-order valence-corrected chi connectivity index (χ2v) is 24.2. The minimum absolute atomic E-state index is 0. The molecule has 2 fully saturated rings. The van der Waals surface area contributed by atoms with Gasteiger partial charge in [0, 0.05) is 49.4 Å². The van der Waals surface area contributed by atoms with Gasteiger partial charge in [0.05, 0.1) is 18.4 Å². The highest BCUT2D eigenvalue weighted by Crippen LogP contribution is 2.42. The number of ether oxygens (including phenoxy) is 3. The van der Waals surface area contributed by atoms with E-state index in [1.54, 1.807) is 18.2 Å². The Hall–Kier alpha value is -7.94. The van der Waals surface area contributed by atoms with Gasteiger partial charge in [-0.3, -0.25) is 14.0 Å². The minimum atomic E-state index is -3.43. The summed E-state index contributed by atoms with van der Waals surface area (Å²) in [5.41, 5.74) is 4.69. The number of halogens is 1. The van der Waals surface area contributed by atoms with Crippen LogP contribution in [0.4, 0.5) is 0 Å². The van der Waals surface area contributed by atoms with Crippen molar-refractivity contribution in [2.75, 3.05) is 32.4 Å². The van der Waals surface area contributed by atoms with Crippen molar-refractivity contribution in [1.82, 2.24) is 9.80 Å². The minimum Gasteiger partial charge on any atom is -0.508 e. The van der Waals surface area contributed by atoms with Gasteiger partial charge in [-0.05, 0) is 111 Å². The summed E-state index contributed by atoms with van der Waals surface area (Å²) in [7, 11) is -3.43. The summed E-state index contributed by atoms with van der Waals surface area (Å²) in [4.78, 5) is 4.69. The Morgan fingerprint density at radius 1 is 0.464 bits per heavy atom. The molecule has 2 aliphatic heterocycles. The summed E-state index contributed by atoms with van der Waals surface area (Å²) >= 11 is 0. The molecule has 2 saturated heterocycles. The van der Waals surface area contributed by atoms with Crippen molar-refractivity contribution in [2.24, 2.45) is 0 Å². The first kappa shape index (κ1) is 63.6. The predicted octanol–water partition coefficient (Wildman–Crippen LogP) is 14.5. The fourth-order valence-corrected chi connectivity index (χ4v) is 11.2. The highest BCUT2D eigenvalue weighted by molar-refractivity contribution is 7.86. The molecule has 0 aromatic heterocycles. The molecule has 0 unspecified atom stereocenters. The summed E-state index contributed by atoms with van der Waals surface area (Å²) in [5.74, 6) is 2.54. The number of rotatable bonds is 22. The largest absolute Gasteiger partial charge is 0.508 e. The van der Waals surface area contributed by atoms with E-state index in [4.69, 9.17) is 18.4 Å². The molecule has 2 heterocycles. The zero-order chi connectivity index (χ0) is 58.8. The molecule has 0 aliphatic carbocycles. The van der Waals surface area contributed by atoms with Crippen LogP contribution in [-0.2, 0) is 38.3 Å². The molecular formula is C71H77ClN4O7S. The normalized spacial score (nSPS) is 14.0. The van der Waals surface area contributed by atoms with Crippen LogP contribution in [0.3, 0.4) is 0 Å². The van der Waals surface area contributed by atoms with Crippen LogP contribution in [0.2, 0.25) is 0 Å². The first-order valence-electron chi connectivity index (χ1n) is 28.3. The summed E-state index contributed by atoms with van der Waals surface area (Å²) in [6.45, 7) is 12.8. The molecule has 436 valence electrons. The Morgan fingerprint density at radius 2 is 0.798 bits per heavy atom. The highest BCUT2D eigenvalue weighted by atomic mass is 35.5. The maximum absolute atomic E-state index is 11.3. The molecule has 13 heteroatoms. The fourth-order valence-electron chi connectivity index (χ4n) is 10.6. The van der Waals surface area contributed by atoms with Crippen molar-refractivity contribution in [3.8, 4) is 35.1 Å². The lowest BCUT2D eigenvalue weighted by molar-refractivity contribution is -0.0465. The number of phenolic OH excluding ortho intramolecular Hbond substituents is 1. The number of nitriles is 2. The molecular weight excluding hydrogens is 1090 g/mol. The Labute approximate surface area is 504 Å². The van der Waals surface area contributed by atoms with Crippen molar-refractivity contribution >= 4 is 22.5 Å². The number of hydrogen-bond donors (Lipinski definition) is 1. The van der Waals surface area contributed by atoms with E-state index < -0.39 is 20.9 Å². The molecule has 0 atom stereocenters. The molecule has 10 rings (SSSR count). The van der Waals surface area contributed by atoms with Crippen LogP contribution < -0.4 is 14.2 Å². The second-order valence-electron chi connectivity index (χ2n) is 22.6. The third kappa shape index (κ3) is 17.3. The molecule has 2 aliphatic rings. The van der Waals surface area contributed by atoms with E-state index in [0.29, 0.717) is 38.5 Å². The molecule has 0 amide bonds.